The topological polar surface area (TPSA) is 64.2 Å². The molecular formula is C17H19Cl2F5N4O. The monoisotopic (exact) mass is 460 g/mol. The van der Waals surface area contributed by atoms with E-state index in [9.17, 15) is 26.7 Å². The minimum atomic E-state index is -4.55. The average Bonchev–Trinajstić information content (AvgIpc) is 3.01. The Kier molecular flexibility index (Phi) is 8.43. The number of halogens is 7. The van der Waals surface area contributed by atoms with Crippen LogP contribution in [0.1, 0.15) is 23.5 Å². The fraction of sp³-hybridized carbons (Fsp3) is 0.412. The van der Waals surface area contributed by atoms with E-state index >= 15 is 0 Å². The van der Waals surface area contributed by atoms with Gasteiger partial charge in [0.1, 0.15) is 17.5 Å². The van der Waals surface area contributed by atoms with Crippen molar-refractivity contribution in [3.8, 4) is 0 Å². The molecule has 2 N–H and O–H groups in total. The van der Waals surface area contributed by atoms with Gasteiger partial charge in [-0.25, -0.2) is 13.8 Å². The number of benzene rings is 1. The van der Waals surface area contributed by atoms with Gasteiger partial charge in [-0.3, -0.25) is 4.79 Å². The first kappa shape index (κ1) is 25.1. The summed E-state index contributed by atoms with van der Waals surface area (Å²) in [5.74, 6) is -1.44. The highest BCUT2D eigenvalue weighted by Gasteiger charge is 2.36. The summed E-state index contributed by atoms with van der Waals surface area (Å²) in [6.07, 6.45) is -3.79. The van der Waals surface area contributed by atoms with Crippen LogP contribution in [0.3, 0.4) is 0 Å². The first-order chi connectivity index (χ1) is 12.6. The van der Waals surface area contributed by atoms with E-state index in [0.29, 0.717) is 0 Å². The van der Waals surface area contributed by atoms with Crippen LogP contribution < -0.4 is 5.73 Å². The lowest BCUT2D eigenvalue weighted by molar-refractivity contribution is -0.141. The predicted molar refractivity (Wildman–Crippen MR) is 99.8 cm³/mol. The van der Waals surface area contributed by atoms with Crippen molar-refractivity contribution in [1.82, 2.24) is 14.5 Å². The van der Waals surface area contributed by atoms with E-state index < -0.39 is 29.5 Å². The molecule has 0 saturated carbocycles. The average molecular weight is 461 g/mol. The Hall–Kier alpha value is -1.91. The van der Waals surface area contributed by atoms with Crippen LogP contribution >= 0.6 is 24.8 Å². The Balaban J connectivity index is 0.00000210. The van der Waals surface area contributed by atoms with E-state index in [4.69, 9.17) is 5.73 Å². The number of rotatable bonds is 4. The van der Waals surface area contributed by atoms with Crippen LogP contribution in [0.5, 0.6) is 0 Å². The van der Waals surface area contributed by atoms with Gasteiger partial charge in [-0.2, -0.15) is 13.2 Å². The summed E-state index contributed by atoms with van der Waals surface area (Å²) >= 11 is 0. The number of carbonyl (C=O) groups excluding carboxylic acids is 1. The molecule has 162 valence electrons. The molecule has 0 radical (unpaired) electrons. The summed E-state index contributed by atoms with van der Waals surface area (Å²) in [5, 5.41) is 0. The summed E-state index contributed by atoms with van der Waals surface area (Å²) in [5.41, 5.74) is 4.96. The van der Waals surface area contributed by atoms with Crippen LogP contribution in [0.4, 0.5) is 22.0 Å². The fourth-order valence-corrected chi connectivity index (χ4v) is 3.01. The summed E-state index contributed by atoms with van der Waals surface area (Å²) in [4.78, 5) is 17.3. The molecule has 2 heterocycles. The Morgan fingerprint density at radius 3 is 2.55 bits per heavy atom. The number of hydrogen-bond acceptors (Lipinski definition) is 3. The highest BCUT2D eigenvalue weighted by Crippen LogP contribution is 2.29. The lowest BCUT2D eigenvalue weighted by atomic mass is 10.0. The van der Waals surface area contributed by atoms with Crippen molar-refractivity contribution in [3.05, 3.63) is 53.1 Å². The molecule has 0 saturated heterocycles. The second-order valence-corrected chi connectivity index (χ2v) is 6.45. The number of nitrogens with two attached hydrogens (primary N) is 1. The van der Waals surface area contributed by atoms with E-state index in [1.807, 2.05) is 0 Å². The number of nitrogens with zero attached hydrogens (tertiary/aromatic N) is 3. The molecule has 1 aliphatic rings. The van der Waals surface area contributed by atoms with Crippen molar-refractivity contribution in [1.29, 1.82) is 0 Å². The first-order valence-corrected chi connectivity index (χ1v) is 8.24. The summed E-state index contributed by atoms with van der Waals surface area (Å²) in [6.45, 7) is 0.356. The van der Waals surface area contributed by atoms with Crippen LogP contribution in [0.25, 0.3) is 0 Å². The smallest absolute Gasteiger partial charge is 0.333 e. The second-order valence-electron chi connectivity index (χ2n) is 6.45. The largest absolute Gasteiger partial charge is 0.434 e. The number of amides is 1. The summed E-state index contributed by atoms with van der Waals surface area (Å²) in [6, 6.07) is 2.25. The number of aromatic nitrogens is 2. The second kappa shape index (κ2) is 9.73. The number of alkyl halides is 3. The predicted octanol–water partition coefficient (Wildman–Crippen LogP) is 3.33. The van der Waals surface area contributed by atoms with Crippen molar-refractivity contribution in [3.63, 3.8) is 0 Å². The Morgan fingerprint density at radius 2 is 1.90 bits per heavy atom. The van der Waals surface area contributed by atoms with E-state index in [-0.39, 0.29) is 74.6 Å². The Labute approximate surface area is 175 Å². The van der Waals surface area contributed by atoms with E-state index in [1.54, 1.807) is 0 Å². The molecule has 1 aliphatic heterocycles. The SMILES string of the molecule is Cl.Cl.N[C@@H](CC(=O)N1CCn2cc(C(F)(F)F)nc2C1)Cc1cc(F)ccc1F. The molecule has 12 heteroatoms. The van der Waals surface area contributed by atoms with Gasteiger partial charge in [0, 0.05) is 31.7 Å². The number of carbonyl (C=O) groups is 1. The van der Waals surface area contributed by atoms with Crippen LogP contribution in [0.15, 0.2) is 24.4 Å². The van der Waals surface area contributed by atoms with Gasteiger partial charge in [0.25, 0.3) is 0 Å². The number of fused-ring (bicyclic) bond motifs is 1. The Morgan fingerprint density at radius 1 is 1.21 bits per heavy atom. The molecule has 0 spiro atoms. The van der Waals surface area contributed by atoms with Gasteiger partial charge in [-0.1, -0.05) is 0 Å². The minimum absolute atomic E-state index is 0. The number of hydrogen-bond donors (Lipinski definition) is 1. The standard InChI is InChI=1S/C17H17F5N4O.2ClH/c18-11-1-2-13(19)10(5-11)6-12(23)7-16(27)26-4-3-25-8-14(17(20,21)22)24-15(25)9-26;;/h1-2,5,8,12H,3-4,6-7,9,23H2;2*1H/t12-;;/m1../s1. The van der Waals surface area contributed by atoms with E-state index in [1.165, 1.54) is 9.47 Å². The molecule has 5 nitrogen and oxygen atoms in total. The molecule has 0 aliphatic carbocycles. The molecular weight excluding hydrogens is 442 g/mol. The molecule has 3 rings (SSSR count). The van der Waals surface area contributed by atoms with Crippen molar-refractivity contribution in [2.45, 2.75) is 38.1 Å². The highest BCUT2D eigenvalue weighted by atomic mass is 35.5. The third-order valence-corrected chi connectivity index (χ3v) is 4.37. The molecule has 0 bridgehead atoms. The van der Waals surface area contributed by atoms with Gasteiger partial charge in [-0.05, 0) is 30.2 Å². The van der Waals surface area contributed by atoms with E-state index in [2.05, 4.69) is 4.98 Å². The molecule has 1 atom stereocenters. The van der Waals surface area contributed by atoms with E-state index in [0.717, 1.165) is 24.4 Å². The molecule has 1 amide bonds. The maximum absolute atomic E-state index is 13.7. The Bertz CT molecular complexity index is 859. The van der Waals surface area contributed by atoms with Gasteiger partial charge < -0.3 is 15.2 Å². The maximum Gasteiger partial charge on any atom is 0.434 e. The molecule has 0 fully saturated rings. The van der Waals surface area contributed by atoms with Crippen LogP contribution in [-0.4, -0.2) is 32.9 Å². The lowest BCUT2D eigenvalue weighted by Gasteiger charge is -2.28. The van der Waals surface area contributed by atoms with Crippen LogP contribution in [-0.2, 0) is 30.5 Å². The third kappa shape index (κ3) is 6.03. The zero-order valence-corrected chi connectivity index (χ0v) is 16.6. The lowest BCUT2D eigenvalue weighted by Crippen LogP contribution is -2.41. The molecule has 29 heavy (non-hydrogen) atoms. The van der Waals surface area contributed by atoms with Gasteiger partial charge in [0.05, 0.1) is 6.54 Å². The fourth-order valence-electron chi connectivity index (χ4n) is 3.01. The van der Waals surface area contributed by atoms with Crippen LogP contribution in [0, 0.1) is 11.6 Å². The normalized spacial score (nSPS) is 14.5. The molecule has 1 aromatic carbocycles. The van der Waals surface area contributed by atoms with Gasteiger partial charge >= 0.3 is 6.18 Å². The van der Waals surface area contributed by atoms with Crippen molar-refractivity contribution in [2.24, 2.45) is 5.73 Å². The van der Waals surface area contributed by atoms with Crippen molar-refractivity contribution in [2.75, 3.05) is 6.54 Å². The quantitative estimate of drug-likeness (QED) is 0.711. The highest BCUT2D eigenvalue weighted by molar-refractivity contribution is 5.85. The van der Waals surface area contributed by atoms with Crippen molar-refractivity contribution < 1.29 is 26.7 Å². The molecule has 0 unspecified atom stereocenters. The maximum atomic E-state index is 13.7. The zero-order valence-electron chi connectivity index (χ0n) is 15.0. The first-order valence-electron chi connectivity index (χ1n) is 8.24. The summed E-state index contributed by atoms with van der Waals surface area (Å²) in [7, 11) is 0. The summed E-state index contributed by atoms with van der Waals surface area (Å²) < 4.78 is 66.5. The van der Waals surface area contributed by atoms with Crippen LogP contribution in [0.2, 0.25) is 0 Å². The zero-order chi connectivity index (χ0) is 19.8. The molecule has 1 aromatic heterocycles. The van der Waals surface area contributed by atoms with Gasteiger partial charge in [-0.15, -0.1) is 24.8 Å². The van der Waals surface area contributed by atoms with Gasteiger partial charge in [0.2, 0.25) is 5.91 Å². The molecule has 2 aromatic rings. The van der Waals surface area contributed by atoms with Gasteiger partial charge in [0.15, 0.2) is 5.69 Å². The third-order valence-electron chi connectivity index (χ3n) is 4.37. The minimum Gasteiger partial charge on any atom is -0.333 e. The number of imidazole rings is 1. The van der Waals surface area contributed by atoms with Crippen molar-refractivity contribution >= 4 is 30.7 Å².